The molecule has 0 aliphatic heterocycles. The van der Waals surface area contributed by atoms with Gasteiger partial charge in [0, 0.05) is 6.54 Å². The smallest absolute Gasteiger partial charge is 0.214 e. The molecule has 6 nitrogen and oxygen atoms in total. The number of anilines is 1. The van der Waals surface area contributed by atoms with Crippen LogP contribution in [0.15, 0.2) is 21.0 Å². The number of aromatic amines is 1. The number of halogens is 1. The van der Waals surface area contributed by atoms with Crippen LogP contribution in [0, 0.1) is 6.92 Å². The highest BCUT2D eigenvalue weighted by Gasteiger charge is 2.11. The molecule has 0 spiro atoms. The normalized spacial score (nSPS) is 10.5. The van der Waals surface area contributed by atoms with Crippen molar-refractivity contribution in [3.05, 3.63) is 16.6 Å². The summed E-state index contributed by atoms with van der Waals surface area (Å²) in [5, 5.41) is 11.4. The zero-order valence-electron chi connectivity index (χ0n) is 9.36. The van der Waals surface area contributed by atoms with E-state index >= 15 is 0 Å². The summed E-state index contributed by atoms with van der Waals surface area (Å²) in [6, 6.07) is 0. The second kappa shape index (κ2) is 5.46. The Hall–Kier alpha value is -1.15. The van der Waals surface area contributed by atoms with Crippen LogP contribution in [-0.2, 0) is 0 Å². The monoisotopic (exact) mass is 314 g/mol. The molecular weight excluding hydrogens is 304 g/mol. The maximum Gasteiger partial charge on any atom is 0.214 e. The zero-order chi connectivity index (χ0) is 12.3. The van der Waals surface area contributed by atoms with Gasteiger partial charge in [-0.2, -0.15) is 0 Å². The van der Waals surface area contributed by atoms with Crippen LogP contribution in [-0.4, -0.2) is 31.7 Å². The molecule has 0 atom stereocenters. The Bertz CT molecular complexity index is 514. The summed E-state index contributed by atoms with van der Waals surface area (Å²) in [4.78, 5) is 12.6. The van der Waals surface area contributed by atoms with Gasteiger partial charge >= 0.3 is 0 Å². The highest BCUT2D eigenvalue weighted by Crippen LogP contribution is 2.32. The summed E-state index contributed by atoms with van der Waals surface area (Å²) in [5.74, 6) is 1.56. The largest absolute Gasteiger partial charge is 0.369 e. The van der Waals surface area contributed by atoms with Crippen molar-refractivity contribution in [3.8, 4) is 0 Å². The number of aromatic nitrogens is 5. The molecule has 90 valence electrons. The SMILES string of the molecule is CCNc1ncnc(Sc2n[nH]c(C)n2)c1Br. The molecule has 2 aromatic heterocycles. The average Bonchev–Trinajstić information content (AvgIpc) is 2.70. The van der Waals surface area contributed by atoms with Crippen LogP contribution in [0.5, 0.6) is 0 Å². The van der Waals surface area contributed by atoms with Gasteiger partial charge < -0.3 is 5.32 Å². The van der Waals surface area contributed by atoms with E-state index in [1.165, 1.54) is 18.1 Å². The van der Waals surface area contributed by atoms with Crippen LogP contribution in [0.2, 0.25) is 0 Å². The molecule has 0 aliphatic rings. The average molecular weight is 315 g/mol. The molecule has 2 aromatic rings. The fourth-order valence-electron chi connectivity index (χ4n) is 1.17. The van der Waals surface area contributed by atoms with E-state index in [0.29, 0.717) is 5.16 Å². The lowest BCUT2D eigenvalue weighted by molar-refractivity contribution is 0.955. The molecule has 0 aromatic carbocycles. The number of hydrogen-bond acceptors (Lipinski definition) is 6. The zero-order valence-corrected chi connectivity index (χ0v) is 11.8. The van der Waals surface area contributed by atoms with Gasteiger partial charge in [0.05, 0.1) is 4.47 Å². The molecule has 2 N–H and O–H groups in total. The Morgan fingerprint density at radius 2 is 2.29 bits per heavy atom. The van der Waals surface area contributed by atoms with Gasteiger partial charge in [-0.15, -0.1) is 5.10 Å². The van der Waals surface area contributed by atoms with Gasteiger partial charge in [0.25, 0.3) is 0 Å². The summed E-state index contributed by atoms with van der Waals surface area (Å²) >= 11 is 4.86. The third-order valence-corrected chi connectivity index (χ3v) is 3.75. The highest BCUT2D eigenvalue weighted by atomic mass is 79.9. The minimum absolute atomic E-state index is 0.643. The molecule has 0 saturated heterocycles. The summed E-state index contributed by atoms with van der Waals surface area (Å²) < 4.78 is 0.828. The van der Waals surface area contributed by atoms with E-state index < -0.39 is 0 Å². The second-order valence-electron chi connectivity index (χ2n) is 3.18. The number of H-pyrrole nitrogens is 1. The molecule has 17 heavy (non-hydrogen) atoms. The molecule has 8 heteroatoms. The first-order chi connectivity index (χ1) is 8.20. The molecule has 0 aliphatic carbocycles. The van der Waals surface area contributed by atoms with Crippen molar-refractivity contribution in [2.24, 2.45) is 0 Å². The predicted octanol–water partition coefficient (Wildman–Crippen LogP) is 2.25. The van der Waals surface area contributed by atoms with E-state index in [1.807, 2.05) is 13.8 Å². The van der Waals surface area contributed by atoms with Crippen LogP contribution in [0.25, 0.3) is 0 Å². The Labute approximate surface area is 111 Å². The third kappa shape index (κ3) is 2.95. The summed E-state index contributed by atoms with van der Waals surface area (Å²) in [6.07, 6.45) is 1.52. The maximum atomic E-state index is 4.22. The van der Waals surface area contributed by atoms with Gasteiger partial charge in [0.15, 0.2) is 0 Å². The first-order valence-corrected chi connectivity index (χ1v) is 6.63. The Morgan fingerprint density at radius 3 is 2.94 bits per heavy atom. The molecule has 0 bridgehead atoms. The molecule has 0 fully saturated rings. The van der Waals surface area contributed by atoms with E-state index in [2.05, 4.69) is 46.4 Å². The molecule has 0 saturated carbocycles. The van der Waals surface area contributed by atoms with Gasteiger partial charge in [-0.25, -0.2) is 15.0 Å². The van der Waals surface area contributed by atoms with E-state index in [4.69, 9.17) is 0 Å². The van der Waals surface area contributed by atoms with Gasteiger partial charge in [0.1, 0.15) is 23.0 Å². The fourth-order valence-corrected chi connectivity index (χ4v) is 2.49. The minimum atomic E-state index is 0.643. The summed E-state index contributed by atoms with van der Waals surface area (Å²) in [7, 11) is 0. The van der Waals surface area contributed by atoms with Crippen LogP contribution >= 0.6 is 27.7 Å². The van der Waals surface area contributed by atoms with Crippen LogP contribution in [0.4, 0.5) is 5.82 Å². The van der Waals surface area contributed by atoms with Gasteiger partial charge in [-0.05, 0) is 41.5 Å². The number of aryl methyl sites for hydroxylation is 1. The van der Waals surface area contributed by atoms with Gasteiger partial charge in [-0.3, -0.25) is 5.10 Å². The second-order valence-corrected chi connectivity index (χ2v) is 4.93. The number of hydrogen-bond donors (Lipinski definition) is 2. The Kier molecular flexibility index (Phi) is 3.95. The first kappa shape index (κ1) is 12.3. The van der Waals surface area contributed by atoms with Crippen molar-refractivity contribution in [1.29, 1.82) is 0 Å². The van der Waals surface area contributed by atoms with E-state index in [0.717, 1.165) is 27.7 Å². The third-order valence-electron chi connectivity index (χ3n) is 1.87. The first-order valence-electron chi connectivity index (χ1n) is 5.02. The number of nitrogens with one attached hydrogen (secondary N) is 2. The van der Waals surface area contributed by atoms with Crippen LogP contribution in [0.3, 0.4) is 0 Å². The highest BCUT2D eigenvalue weighted by molar-refractivity contribution is 9.10. The minimum Gasteiger partial charge on any atom is -0.369 e. The van der Waals surface area contributed by atoms with Crippen molar-refractivity contribution in [3.63, 3.8) is 0 Å². The standard InChI is InChI=1S/C9H11BrN6S/c1-3-11-7-6(10)8(13-4-12-7)17-9-14-5(2)15-16-9/h4H,3H2,1-2H3,(H,11,12,13)(H,14,15,16). The van der Waals surface area contributed by atoms with E-state index in [1.54, 1.807) is 0 Å². The molecule has 0 amide bonds. The summed E-state index contributed by atoms with van der Waals surface area (Å²) in [5.41, 5.74) is 0. The van der Waals surface area contributed by atoms with Crippen molar-refractivity contribution < 1.29 is 0 Å². The Morgan fingerprint density at radius 1 is 1.47 bits per heavy atom. The van der Waals surface area contributed by atoms with Crippen molar-refractivity contribution in [2.45, 2.75) is 24.0 Å². The van der Waals surface area contributed by atoms with Crippen LogP contribution < -0.4 is 5.32 Å². The van der Waals surface area contributed by atoms with Crippen molar-refractivity contribution in [2.75, 3.05) is 11.9 Å². The lowest BCUT2D eigenvalue weighted by Gasteiger charge is -2.06. The number of rotatable bonds is 4. The van der Waals surface area contributed by atoms with Crippen molar-refractivity contribution in [1.82, 2.24) is 25.1 Å². The quantitative estimate of drug-likeness (QED) is 0.843. The fraction of sp³-hybridized carbons (Fsp3) is 0.333. The molecule has 0 radical (unpaired) electrons. The Balaban J connectivity index is 2.23. The topological polar surface area (TPSA) is 79.4 Å². The van der Waals surface area contributed by atoms with Crippen molar-refractivity contribution >= 4 is 33.5 Å². The lowest BCUT2D eigenvalue weighted by atomic mass is 10.5. The number of nitrogens with zero attached hydrogens (tertiary/aromatic N) is 4. The predicted molar refractivity (Wildman–Crippen MR) is 69.1 cm³/mol. The summed E-state index contributed by atoms with van der Waals surface area (Å²) in [6.45, 7) is 4.68. The lowest BCUT2D eigenvalue weighted by Crippen LogP contribution is -2.01. The molecule has 2 rings (SSSR count). The van der Waals surface area contributed by atoms with Crippen LogP contribution in [0.1, 0.15) is 12.7 Å². The molecule has 2 heterocycles. The van der Waals surface area contributed by atoms with E-state index in [-0.39, 0.29) is 0 Å². The maximum absolute atomic E-state index is 4.22. The van der Waals surface area contributed by atoms with E-state index in [9.17, 15) is 0 Å². The molecule has 0 unspecified atom stereocenters. The van der Waals surface area contributed by atoms with Gasteiger partial charge in [0.2, 0.25) is 5.16 Å². The molecular formula is C9H11BrN6S. The van der Waals surface area contributed by atoms with Gasteiger partial charge in [-0.1, -0.05) is 0 Å².